The molecular weight excluding hydrogens is 150 g/mol. The van der Waals surface area contributed by atoms with E-state index in [-0.39, 0.29) is 5.91 Å². The zero-order valence-corrected chi connectivity index (χ0v) is 6.76. The molecule has 0 atom stereocenters. The second kappa shape index (κ2) is 2.97. The van der Waals surface area contributed by atoms with Gasteiger partial charge in [0, 0.05) is 6.54 Å². The highest BCUT2D eigenvalue weighted by atomic mass is 16.1. The Balaban J connectivity index is 2.37. The molecule has 12 heavy (non-hydrogen) atoms. The minimum Gasteiger partial charge on any atom is -0.355 e. The van der Waals surface area contributed by atoms with Crippen LogP contribution in [0.2, 0.25) is 0 Å². The number of hydrogen-bond donors (Lipinski definition) is 1. The van der Waals surface area contributed by atoms with Crippen molar-refractivity contribution in [3.8, 4) is 0 Å². The summed E-state index contributed by atoms with van der Waals surface area (Å²) in [5.41, 5.74) is 2.39. The summed E-state index contributed by atoms with van der Waals surface area (Å²) in [7, 11) is 0. The van der Waals surface area contributed by atoms with Crippen molar-refractivity contribution in [3.63, 3.8) is 0 Å². The summed E-state index contributed by atoms with van der Waals surface area (Å²) in [6.45, 7) is 0.760. The molecule has 61 valence electrons. The molecule has 2 rings (SSSR count). The lowest BCUT2D eigenvalue weighted by atomic mass is 10.0. The van der Waals surface area contributed by atoms with Crippen molar-refractivity contribution >= 4 is 5.91 Å². The summed E-state index contributed by atoms with van der Waals surface area (Å²) in [5.74, 6) is 0.119. The van der Waals surface area contributed by atoms with Gasteiger partial charge in [-0.3, -0.25) is 4.79 Å². The number of fused-ring (bicyclic) bond motifs is 1. The molecule has 0 bridgehead atoms. The van der Waals surface area contributed by atoms with Crippen LogP contribution in [-0.4, -0.2) is 12.5 Å². The Labute approximate surface area is 71.6 Å². The summed E-state index contributed by atoms with van der Waals surface area (Å²) in [5, 5.41) is 2.84. The quantitative estimate of drug-likeness (QED) is 0.594. The van der Waals surface area contributed by atoms with Gasteiger partial charge in [-0.05, 0) is 23.6 Å². The minimum absolute atomic E-state index is 0.119. The summed E-state index contributed by atoms with van der Waals surface area (Å²) in [6, 6.07) is 8.83. The molecule has 0 spiro atoms. The molecular formula is C10H10NO. The molecule has 2 nitrogen and oxygen atoms in total. The fourth-order valence-corrected chi connectivity index (χ4v) is 1.48. The molecule has 1 aromatic rings. The van der Waals surface area contributed by atoms with Crippen LogP contribution in [0.4, 0.5) is 0 Å². The number of rotatable bonds is 0. The van der Waals surface area contributed by atoms with E-state index in [4.69, 9.17) is 0 Å². The number of benzene rings is 1. The van der Waals surface area contributed by atoms with Crippen LogP contribution in [0.15, 0.2) is 18.2 Å². The molecule has 1 aliphatic rings. The van der Waals surface area contributed by atoms with Crippen LogP contribution >= 0.6 is 0 Å². The third kappa shape index (κ3) is 1.33. The lowest BCUT2D eigenvalue weighted by Crippen LogP contribution is -2.24. The maximum Gasteiger partial charge on any atom is 0.224 e. The van der Waals surface area contributed by atoms with Crippen molar-refractivity contribution in [3.05, 3.63) is 35.4 Å². The molecule has 1 heterocycles. The molecule has 1 radical (unpaired) electrons. The molecule has 0 aromatic heterocycles. The van der Waals surface area contributed by atoms with Gasteiger partial charge >= 0.3 is 0 Å². The molecule has 1 aromatic carbocycles. The normalized spacial score (nSPS) is 16.2. The average Bonchev–Trinajstić information content (AvgIpc) is 2.25. The van der Waals surface area contributed by atoms with E-state index in [1.165, 1.54) is 5.56 Å². The fraction of sp³-hybridized carbons (Fsp3) is 0.300. The van der Waals surface area contributed by atoms with Crippen molar-refractivity contribution in [2.75, 3.05) is 6.54 Å². The highest BCUT2D eigenvalue weighted by Crippen LogP contribution is 2.11. The Morgan fingerprint density at radius 1 is 1.42 bits per heavy atom. The van der Waals surface area contributed by atoms with Crippen LogP contribution in [0, 0.1) is 6.07 Å². The van der Waals surface area contributed by atoms with Gasteiger partial charge in [0.25, 0.3) is 0 Å². The zero-order valence-electron chi connectivity index (χ0n) is 6.76. The number of carbonyl (C=O) groups excluding carboxylic acids is 1. The maximum atomic E-state index is 11.1. The van der Waals surface area contributed by atoms with Crippen LogP contribution in [0.3, 0.4) is 0 Å². The third-order valence-electron chi connectivity index (χ3n) is 2.12. The van der Waals surface area contributed by atoms with E-state index < -0.39 is 0 Å². The number of hydrogen-bond acceptors (Lipinski definition) is 1. The monoisotopic (exact) mass is 160 g/mol. The van der Waals surface area contributed by atoms with Gasteiger partial charge in [-0.2, -0.15) is 0 Å². The van der Waals surface area contributed by atoms with Gasteiger partial charge in [0.2, 0.25) is 5.91 Å². The Kier molecular flexibility index (Phi) is 1.82. The fourth-order valence-electron chi connectivity index (χ4n) is 1.48. The van der Waals surface area contributed by atoms with Crippen molar-refractivity contribution in [1.29, 1.82) is 0 Å². The van der Waals surface area contributed by atoms with E-state index in [0.717, 1.165) is 18.5 Å². The zero-order chi connectivity index (χ0) is 8.39. The molecule has 0 saturated carbocycles. The summed E-state index contributed by atoms with van der Waals surface area (Å²) in [4.78, 5) is 11.1. The summed E-state index contributed by atoms with van der Waals surface area (Å²) in [6.07, 6.45) is 1.45. The Hall–Kier alpha value is -1.31. The molecule has 0 saturated heterocycles. The highest BCUT2D eigenvalue weighted by molar-refractivity contribution is 5.79. The number of amides is 1. The predicted octanol–water partition coefficient (Wildman–Crippen LogP) is 0.702. The second-order valence-electron chi connectivity index (χ2n) is 2.97. The lowest BCUT2D eigenvalue weighted by molar-refractivity contribution is -0.120. The first-order chi connectivity index (χ1) is 5.86. The first kappa shape index (κ1) is 7.35. The third-order valence-corrected chi connectivity index (χ3v) is 2.12. The largest absolute Gasteiger partial charge is 0.355 e. The number of nitrogens with one attached hydrogen (secondary N) is 1. The lowest BCUT2D eigenvalue weighted by Gasteiger charge is -2.00. The SMILES string of the molecule is O=C1Cc2c[c]ccc2CCN1. The first-order valence-electron chi connectivity index (χ1n) is 4.11. The summed E-state index contributed by atoms with van der Waals surface area (Å²) < 4.78 is 0. The Morgan fingerprint density at radius 2 is 2.33 bits per heavy atom. The van der Waals surface area contributed by atoms with Crippen LogP contribution in [0.5, 0.6) is 0 Å². The molecule has 0 unspecified atom stereocenters. The van der Waals surface area contributed by atoms with Crippen molar-refractivity contribution < 1.29 is 4.79 Å². The van der Waals surface area contributed by atoms with Crippen LogP contribution < -0.4 is 5.32 Å². The van der Waals surface area contributed by atoms with Gasteiger partial charge in [0.15, 0.2) is 0 Å². The van der Waals surface area contributed by atoms with Gasteiger partial charge in [-0.25, -0.2) is 0 Å². The van der Waals surface area contributed by atoms with Crippen LogP contribution in [-0.2, 0) is 17.6 Å². The average molecular weight is 160 g/mol. The van der Waals surface area contributed by atoms with Gasteiger partial charge in [-0.15, -0.1) is 0 Å². The van der Waals surface area contributed by atoms with Gasteiger partial charge in [-0.1, -0.05) is 18.2 Å². The van der Waals surface area contributed by atoms with E-state index in [1.54, 1.807) is 0 Å². The van der Waals surface area contributed by atoms with Gasteiger partial charge < -0.3 is 5.32 Å². The van der Waals surface area contributed by atoms with Crippen LogP contribution in [0.25, 0.3) is 0 Å². The highest BCUT2D eigenvalue weighted by Gasteiger charge is 2.11. The van der Waals surface area contributed by atoms with E-state index in [0.29, 0.717) is 6.42 Å². The molecule has 1 aliphatic heterocycles. The standard InChI is InChI=1S/C10H10NO/c12-10-7-9-4-2-1-3-8(9)5-6-11-10/h1,3-4H,5-7H2,(H,11,12). The summed E-state index contributed by atoms with van der Waals surface area (Å²) >= 11 is 0. The van der Waals surface area contributed by atoms with Gasteiger partial charge in [0.05, 0.1) is 6.42 Å². The number of carbonyl (C=O) groups is 1. The topological polar surface area (TPSA) is 29.1 Å². The second-order valence-corrected chi connectivity index (χ2v) is 2.97. The molecule has 0 fully saturated rings. The minimum atomic E-state index is 0.119. The Bertz CT molecular complexity index is 306. The molecule has 1 amide bonds. The predicted molar refractivity (Wildman–Crippen MR) is 45.7 cm³/mol. The molecule has 2 heteroatoms. The van der Waals surface area contributed by atoms with E-state index in [1.807, 2.05) is 18.2 Å². The van der Waals surface area contributed by atoms with Crippen LogP contribution in [0.1, 0.15) is 11.1 Å². The smallest absolute Gasteiger partial charge is 0.224 e. The molecule has 1 N–H and O–H groups in total. The van der Waals surface area contributed by atoms with Crippen molar-refractivity contribution in [2.45, 2.75) is 12.8 Å². The molecule has 0 aliphatic carbocycles. The van der Waals surface area contributed by atoms with E-state index >= 15 is 0 Å². The Morgan fingerprint density at radius 3 is 3.25 bits per heavy atom. The van der Waals surface area contributed by atoms with E-state index in [2.05, 4.69) is 11.4 Å². The van der Waals surface area contributed by atoms with Crippen molar-refractivity contribution in [1.82, 2.24) is 5.32 Å². The van der Waals surface area contributed by atoms with Gasteiger partial charge in [0.1, 0.15) is 0 Å². The van der Waals surface area contributed by atoms with E-state index in [9.17, 15) is 4.79 Å². The maximum absolute atomic E-state index is 11.1. The van der Waals surface area contributed by atoms with Crippen molar-refractivity contribution in [2.24, 2.45) is 0 Å². The first-order valence-corrected chi connectivity index (χ1v) is 4.11.